The number of fused-ring (bicyclic) bond motifs is 3. The molecule has 3 heteroatoms. The van der Waals surface area contributed by atoms with E-state index in [4.69, 9.17) is 0 Å². The molecule has 0 radical (unpaired) electrons. The highest BCUT2D eigenvalue weighted by Crippen LogP contribution is 2.30. The normalized spacial score (nSPS) is 14.1. The molecule has 1 aliphatic rings. The highest BCUT2D eigenvalue weighted by Gasteiger charge is 2.20. The van der Waals surface area contributed by atoms with Crippen LogP contribution in [0.1, 0.15) is 11.1 Å². The average Bonchev–Trinajstić information content (AvgIpc) is 2.65. The Morgan fingerprint density at radius 3 is 2.33 bits per heavy atom. The minimum atomic E-state index is 0.892. The third-order valence-electron chi connectivity index (χ3n) is 4.93. The average molecular weight is 311 g/mol. The number of rotatable bonds is 1. The predicted octanol–water partition coefficient (Wildman–Crippen LogP) is 4.35. The molecule has 0 saturated heterocycles. The minimum absolute atomic E-state index is 0.892. The molecule has 0 amide bonds. The second-order valence-corrected chi connectivity index (χ2v) is 6.40. The Hall–Kier alpha value is -2.94. The number of benzene rings is 3. The lowest BCUT2D eigenvalue weighted by molar-refractivity contribution is 0.718. The van der Waals surface area contributed by atoms with E-state index in [2.05, 4.69) is 69.7 Å². The van der Waals surface area contributed by atoms with E-state index in [1.165, 1.54) is 27.3 Å². The van der Waals surface area contributed by atoms with Gasteiger partial charge < -0.3 is 4.90 Å². The first-order valence-electron chi connectivity index (χ1n) is 8.34. The molecule has 116 valence electrons. The zero-order valence-electron chi connectivity index (χ0n) is 13.3. The van der Waals surface area contributed by atoms with Crippen LogP contribution >= 0.6 is 0 Å². The summed E-state index contributed by atoms with van der Waals surface area (Å²) in [5.74, 6) is 0.993. The summed E-state index contributed by atoms with van der Waals surface area (Å²) in [6.07, 6.45) is 2.88. The quantitative estimate of drug-likeness (QED) is 0.523. The van der Waals surface area contributed by atoms with Crippen molar-refractivity contribution in [2.45, 2.75) is 13.0 Å². The van der Waals surface area contributed by atoms with E-state index in [1.807, 2.05) is 12.3 Å². The van der Waals surface area contributed by atoms with Gasteiger partial charge in [0.1, 0.15) is 0 Å². The summed E-state index contributed by atoms with van der Waals surface area (Å²) in [6, 6.07) is 21.6. The van der Waals surface area contributed by atoms with Gasteiger partial charge in [-0.3, -0.25) is 0 Å². The van der Waals surface area contributed by atoms with Crippen LogP contribution in [0.5, 0.6) is 0 Å². The maximum Gasteiger partial charge on any atom is 0.159 e. The summed E-state index contributed by atoms with van der Waals surface area (Å²) < 4.78 is 0. The smallest absolute Gasteiger partial charge is 0.159 e. The van der Waals surface area contributed by atoms with Gasteiger partial charge in [-0.1, -0.05) is 54.6 Å². The molecular weight excluding hydrogens is 294 g/mol. The van der Waals surface area contributed by atoms with Crippen LogP contribution in [-0.4, -0.2) is 16.7 Å². The fourth-order valence-corrected chi connectivity index (χ4v) is 3.68. The maximum atomic E-state index is 4.44. The molecule has 0 spiro atoms. The number of hydrogen-bond donors (Lipinski definition) is 0. The second kappa shape index (κ2) is 5.31. The van der Waals surface area contributed by atoms with Crippen LogP contribution in [0.25, 0.3) is 21.5 Å². The van der Waals surface area contributed by atoms with Gasteiger partial charge in [0.05, 0.1) is 6.20 Å². The SMILES string of the molecule is c1ccc2cc3c(cc2c1)CCN(c1nncc2ccccc12)C3. The first kappa shape index (κ1) is 13.5. The summed E-state index contributed by atoms with van der Waals surface area (Å²) in [4.78, 5) is 2.35. The van der Waals surface area contributed by atoms with Gasteiger partial charge in [0, 0.05) is 23.9 Å². The molecule has 0 N–H and O–H groups in total. The molecule has 0 bridgehead atoms. The summed E-state index contributed by atoms with van der Waals surface area (Å²) >= 11 is 0. The number of anilines is 1. The standard InChI is InChI=1S/C21H17N3/c1-2-6-16-12-19-14-24(10-9-17(19)11-15(16)5-1)21-20-8-4-3-7-18(20)13-22-23-21/h1-8,11-13H,9-10,14H2. The van der Waals surface area contributed by atoms with E-state index < -0.39 is 0 Å². The topological polar surface area (TPSA) is 29.0 Å². The van der Waals surface area contributed by atoms with Gasteiger partial charge in [0.2, 0.25) is 0 Å². The van der Waals surface area contributed by atoms with Crippen LogP contribution in [0.15, 0.2) is 66.9 Å². The van der Waals surface area contributed by atoms with Crippen LogP contribution in [0.4, 0.5) is 5.82 Å². The Morgan fingerprint density at radius 2 is 1.50 bits per heavy atom. The Bertz CT molecular complexity index is 1050. The summed E-state index contributed by atoms with van der Waals surface area (Å²) in [5.41, 5.74) is 2.85. The second-order valence-electron chi connectivity index (χ2n) is 6.40. The minimum Gasteiger partial charge on any atom is -0.350 e. The Balaban J connectivity index is 1.59. The number of aromatic nitrogens is 2. The fourth-order valence-electron chi connectivity index (χ4n) is 3.68. The van der Waals surface area contributed by atoms with Gasteiger partial charge in [0.25, 0.3) is 0 Å². The molecule has 0 atom stereocenters. The highest BCUT2D eigenvalue weighted by molar-refractivity contribution is 5.91. The molecule has 5 rings (SSSR count). The van der Waals surface area contributed by atoms with E-state index in [1.54, 1.807) is 0 Å². The van der Waals surface area contributed by atoms with E-state index >= 15 is 0 Å². The molecule has 24 heavy (non-hydrogen) atoms. The maximum absolute atomic E-state index is 4.44. The van der Waals surface area contributed by atoms with Gasteiger partial charge in [-0.25, -0.2) is 0 Å². The number of nitrogens with zero attached hydrogens (tertiary/aromatic N) is 3. The molecule has 0 fully saturated rings. The fraction of sp³-hybridized carbons (Fsp3) is 0.143. The number of hydrogen-bond acceptors (Lipinski definition) is 3. The van der Waals surface area contributed by atoms with E-state index in [0.717, 1.165) is 30.7 Å². The van der Waals surface area contributed by atoms with Gasteiger partial charge in [-0.2, -0.15) is 5.10 Å². The van der Waals surface area contributed by atoms with Crippen molar-refractivity contribution < 1.29 is 0 Å². The molecule has 1 aliphatic heterocycles. The van der Waals surface area contributed by atoms with Gasteiger partial charge in [-0.05, 0) is 34.4 Å². The van der Waals surface area contributed by atoms with E-state index in [0.29, 0.717) is 0 Å². The van der Waals surface area contributed by atoms with Crippen molar-refractivity contribution >= 4 is 27.4 Å². The molecule has 0 unspecified atom stereocenters. The lowest BCUT2D eigenvalue weighted by Gasteiger charge is -2.30. The van der Waals surface area contributed by atoms with Crippen molar-refractivity contribution in [3.63, 3.8) is 0 Å². The molecule has 3 nitrogen and oxygen atoms in total. The van der Waals surface area contributed by atoms with Gasteiger partial charge >= 0.3 is 0 Å². The zero-order chi connectivity index (χ0) is 15.9. The lowest BCUT2D eigenvalue weighted by atomic mass is 9.95. The Kier molecular flexibility index (Phi) is 2.98. The van der Waals surface area contributed by atoms with Gasteiger partial charge in [0.15, 0.2) is 5.82 Å². The van der Waals surface area contributed by atoms with Crippen molar-refractivity contribution in [2.24, 2.45) is 0 Å². The summed E-state index contributed by atoms with van der Waals surface area (Å²) in [7, 11) is 0. The van der Waals surface area contributed by atoms with Crippen LogP contribution in [-0.2, 0) is 13.0 Å². The molecule has 4 aromatic rings. The Morgan fingerprint density at radius 1 is 0.792 bits per heavy atom. The molecule has 3 aromatic carbocycles. The van der Waals surface area contributed by atoms with Crippen LogP contribution < -0.4 is 4.90 Å². The lowest BCUT2D eigenvalue weighted by Crippen LogP contribution is -2.31. The third-order valence-corrected chi connectivity index (χ3v) is 4.93. The first-order valence-corrected chi connectivity index (χ1v) is 8.34. The van der Waals surface area contributed by atoms with Gasteiger partial charge in [-0.15, -0.1) is 5.10 Å². The molecular formula is C21H17N3. The van der Waals surface area contributed by atoms with Crippen LogP contribution in [0, 0.1) is 0 Å². The largest absolute Gasteiger partial charge is 0.350 e. The zero-order valence-corrected chi connectivity index (χ0v) is 13.3. The van der Waals surface area contributed by atoms with Crippen molar-refractivity contribution in [2.75, 3.05) is 11.4 Å². The molecule has 0 aliphatic carbocycles. The van der Waals surface area contributed by atoms with Crippen LogP contribution in [0.3, 0.4) is 0 Å². The van der Waals surface area contributed by atoms with E-state index in [-0.39, 0.29) is 0 Å². The third kappa shape index (κ3) is 2.13. The van der Waals surface area contributed by atoms with Crippen molar-refractivity contribution in [1.29, 1.82) is 0 Å². The predicted molar refractivity (Wildman–Crippen MR) is 98.2 cm³/mol. The van der Waals surface area contributed by atoms with Crippen molar-refractivity contribution in [3.8, 4) is 0 Å². The van der Waals surface area contributed by atoms with E-state index in [9.17, 15) is 0 Å². The van der Waals surface area contributed by atoms with Crippen molar-refractivity contribution in [1.82, 2.24) is 10.2 Å². The molecule has 2 heterocycles. The molecule has 0 saturated carbocycles. The first-order chi connectivity index (χ1) is 11.9. The summed E-state index contributed by atoms with van der Waals surface area (Å²) in [6.45, 7) is 1.87. The highest BCUT2D eigenvalue weighted by atomic mass is 15.3. The van der Waals surface area contributed by atoms with Crippen LogP contribution in [0.2, 0.25) is 0 Å². The monoisotopic (exact) mass is 311 g/mol. The Labute approximate surface area is 140 Å². The summed E-state index contributed by atoms with van der Waals surface area (Å²) in [5, 5.41) is 13.6. The molecule has 1 aromatic heterocycles. The van der Waals surface area contributed by atoms with Crippen molar-refractivity contribution in [3.05, 3.63) is 78.0 Å².